The van der Waals surface area contributed by atoms with Gasteiger partial charge in [0, 0.05) is 31.1 Å². The molecule has 4 rings (SSSR count). The fourth-order valence-corrected chi connectivity index (χ4v) is 8.03. The molecule has 2 saturated carbocycles. The number of amides is 1. The molecular formula is C32H47NO13. The Balaban J connectivity index is 1.84. The summed E-state index contributed by atoms with van der Waals surface area (Å²) in [5.74, 6) is -4.37. The van der Waals surface area contributed by atoms with Crippen LogP contribution in [-0.2, 0) is 33.3 Å². The Hall–Kier alpha value is -2.88. The molecule has 1 aliphatic heterocycles. The van der Waals surface area contributed by atoms with E-state index in [1.807, 2.05) is 0 Å². The molecule has 14 heteroatoms. The zero-order valence-electron chi connectivity index (χ0n) is 27.5. The first kappa shape index (κ1) is 36.0. The van der Waals surface area contributed by atoms with Gasteiger partial charge in [-0.15, -0.1) is 0 Å². The van der Waals surface area contributed by atoms with Crippen molar-refractivity contribution in [3.63, 3.8) is 0 Å². The Morgan fingerprint density at radius 1 is 1.11 bits per heavy atom. The number of aliphatic hydroxyl groups excluding tert-OH is 3. The molecule has 3 fully saturated rings. The summed E-state index contributed by atoms with van der Waals surface area (Å²) < 4.78 is 21.9. The Kier molecular flexibility index (Phi) is 9.61. The van der Waals surface area contributed by atoms with Gasteiger partial charge in [-0.3, -0.25) is 9.59 Å². The van der Waals surface area contributed by atoms with Gasteiger partial charge in [0.05, 0.1) is 36.9 Å². The highest BCUT2D eigenvalue weighted by Crippen LogP contribution is 2.63. The van der Waals surface area contributed by atoms with Gasteiger partial charge in [0.25, 0.3) is 0 Å². The van der Waals surface area contributed by atoms with Gasteiger partial charge in [-0.05, 0) is 45.8 Å². The predicted octanol–water partition coefficient (Wildman–Crippen LogP) is 0.210. The van der Waals surface area contributed by atoms with E-state index in [1.165, 1.54) is 19.9 Å². The Morgan fingerprint density at radius 2 is 1.74 bits per heavy atom. The number of esters is 2. The minimum absolute atomic E-state index is 0.0213. The van der Waals surface area contributed by atoms with Crippen LogP contribution in [0.25, 0.3) is 0 Å². The molecule has 3 aliphatic carbocycles. The van der Waals surface area contributed by atoms with Crippen LogP contribution in [-0.4, -0.2) is 116 Å². The minimum Gasteiger partial charge on any atom is -0.459 e. The first-order valence-electron chi connectivity index (χ1n) is 15.5. The van der Waals surface area contributed by atoms with Gasteiger partial charge in [-0.25, -0.2) is 9.59 Å². The average Bonchev–Trinajstić information content (AvgIpc) is 2.94. The number of fused-ring (bicyclic) bond motifs is 5. The van der Waals surface area contributed by atoms with Gasteiger partial charge in [-0.1, -0.05) is 25.5 Å². The zero-order valence-corrected chi connectivity index (χ0v) is 27.5. The summed E-state index contributed by atoms with van der Waals surface area (Å²) in [6.07, 6.45) is -9.33. The summed E-state index contributed by atoms with van der Waals surface area (Å²) in [6, 6.07) is -1.26. The summed E-state index contributed by atoms with van der Waals surface area (Å²) in [7, 11) is 0. The molecular weight excluding hydrogens is 606 g/mol. The molecule has 0 aromatic rings. The molecule has 46 heavy (non-hydrogen) atoms. The quantitative estimate of drug-likeness (QED) is 0.123. The molecule has 0 aromatic heterocycles. The molecule has 1 amide bonds. The van der Waals surface area contributed by atoms with Crippen LogP contribution in [0, 0.1) is 16.7 Å². The lowest BCUT2D eigenvalue weighted by Crippen LogP contribution is -2.81. The van der Waals surface area contributed by atoms with Crippen LogP contribution in [0.3, 0.4) is 0 Å². The number of aliphatic hydroxyl groups is 5. The maximum Gasteiger partial charge on any atom is 0.407 e. The molecule has 0 spiro atoms. The fourth-order valence-electron chi connectivity index (χ4n) is 8.03. The molecule has 14 nitrogen and oxygen atoms in total. The number of carbonyl (C=O) groups is 4. The second kappa shape index (κ2) is 12.3. The maximum absolute atomic E-state index is 14.3. The molecule has 1 saturated heterocycles. The summed E-state index contributed by atoms with van der Waals surface area (Å²) >= 11 is 0. The van der Waals surface area contributed by atoms with Crippen molar-refractivity contribution in [3.05, 3.63) is 22.8 Å². The number of ketones is 1. The molecule has 0 aromatic carbocycles. The standard InChI is InChI=1S/C32H47NO13/c1-9-43-28(40)33-17(10-14(2)3)22(36)27(39)46-18-12-32(42)26(45-16(5)34)24-30(8,19(35)11-20-31(24,41)13-44-20)25(38)23(37)21(15(18)4)29(32,6)7/h10,17-20,22-24,26,35-37,41-42H,9,11-13H2,1-8H3,(H,33,40)/t17-,18?,19-,20+,22+,23+,24-,26-,30+,31-,32+/m0/s1. The van der Waals surface area contributed by atoms with Gasteiger partial charge in [-0.2, -0.15) is 0 Å². The molecule has 11 atom stereocenters. The number of alkyl carbamates (subject to hydrolysis) is 1. The first-order valence-corrected chi connectivity index (χ1v) is 15.5. The SMILES string of the molecule is CCOC(=O)N[C@@H](C=C(C)C)[C@@H](O)C(=O)OC1C[C@@]2(O)[C@@H](OC(C)=O)[C@@H]3[C@]4(O)CO[C@@H]4C[C@H](O)[C@@]3(C)C(=O)[C@H](O)C(=C1C)C2(C)C. The van der Waals surface area contributed by atoms with Crippen molar-refractivity contribution in [3.8, 4) is 0 Å². The van der Waals surface area contributed by atoms with E-state index in [9.17, 15) is 44.7 Å². The molecule has 6 N–H and O–H groups in total. The third-order valence-electron chi connectivity index (χ3n) is 10.6. The van der Waals surface area contributed by atoms with E-state index >= 15 is 0 Å². The molecule has 1 heterocycles. The molecule has 2 bridgehead atoms. The number of allylic oxidation sites excluding steroid dienone is 1. The lowest BCUT2D eigenvalue weighted by atomic mass is 9.45. The smallest absolute Gasteiger partial charge is 0.407 e. The molecule has 4 aliphatic rings. The van der Waals surface area contributed by atoms with Crippen LogP contribution in [0.2, 0.25) is 0 Å². The summed E-state index contributed by atoms with van der Waals surface area (Å²) in [4.78, 5) is 52.5. The van der Waals surface area contributed by atoms with E-state index in [1.54, 1.807) is 34.6 Å². The Labute approximate surface area is 267 Å². The second-order valence-electron chi connectivity index (χ2n) is 14.0. The highest BCUT2D eigenvalue weighted by molar-refractivity contribution is 5.93. The number of hydrogen-bond donors (Lipinski definition) is 6. The summed E-state index contributed by atoms with van der Waals surface area (Å²) in [5, 5.41) is 61.2. The van der Waals surface area contributed by atoms with Gasteiger partial charge in [0.2, 0.25) is 0 Å². The second-order valence-corrected chi connectivity index (χ2v) is 14.0. The zero-order chi connectivity index (χ0) is 34.7. The number of hydrogen-bond acceptors (Lipinski definition) is 13. The van der Waals surface area contributed by atoms with Crippen molar-refractivity contribution in [1.82, 2.24) is 5.32 Å². The molecule has 258 valence electrons. The van der Waals surface area contributed by atoms with Gasteiger partial charge in [0.1, 0.15) is 29.5 Å². The van der Waals surface area contributed by atoms with Crippen LogP contribution < -0.4 is 5.32 Å². The van der Waals surface area contributed by atoms with Crippen LogP contribution >= 0.6 is 0 Å². The third kappa shape index (κ3) is 5.46. The Morgan fingerprint density at radius 3 is 2.26 bits per heavy atom. The minimum atomic E-state index is -2.22. The largest absolute Gasteiger partial charge is 0.459 e. The first-order chi connectivity index (χ1) is 21.2. The highest BCUT2D eigenvalue weighted by Gasteiger charge is 2.76. The normalized spacial score (nSPS) is 39.2. The molecule has 1 unspecified atom stereocenters. The van der Waals surface area contributed by atoms with E-state index in [-0.39, 0.29) is 30.8 Å². The van der Waals surface area contributed by atoms with E-state index in [0.29, 0.717) is 5.57 Å². The monoisotopic (exact) mass is 653 g/mol. The van der Waals surface area contributed by atoms with Gasteiger partial charge >= 0.3 is 18.0 Å². The van der Waals surface area contributed by atoms with Crippen molar-refractivity contribution in [2.24, 2.45) is 16.7 Å². The molecule has 0 radical (unpaired) electrons. The van der Waals surface area contributed by atoms with E-state index in [4.69, 9.17) is 18.9 Å². The number of rotatable bonds is 7. The van der Waals surface area contributed by atoms with Crippen molar-refractivity contribution >= 4 is 23.8 Å². The van der Waals surface area contributed by atoms with E-state index in [0.717, 1.165) is 6.92 Å². The lowest BCUT2D eigenvalue weighted by molar-refractivity contribution is -0.345. The predicted molar refractivity (Wildman–Crippen MR) is 159 cm³/mol. The van der Waals surface area contributed by atoms with Gasteiger partial charge < -0.3 is 49.8 Å². The van der Waals surface area contributed by atoms with Crippen molar-refractivity contribution in [2.75, 3.05) is 13.2 Å². The van der Waals surface area contributed by atoms with Crippen molar-refractivity contribution in [1.29, 1.82) is 0 Å². The van der Waals surface area contributed by atoms with E-state index in [2.05, 4.69) is 5.32 Å². The maximum atomic E-state index is 14.3. The van der Waals surface area contributed by atoms with Crippen LogP contribution in [0.1, 0.15) is 68.2 Å². The highest BCUT2D eigenvalue weighted by atomic mass is 16.6. The van der Waals surface area contributed by atoms with Crippen LogP contribution in [0.5, 0.6) is 0 Å². The number of carbonyl (C=O) groups excluding carboxylic acids is 4. The Bertz CT molecular complexity index is 1340. The summed E-state index contributed by atoms with van der Waals surface area (Å²) in [5.41, 5.74) is -6.64. The summed E-state index contributed by atoms with van der Waals surface area (Å²) in [6.45, 7) is 11.8. The lowest BCUT2D eigenvalue weighted by Gasteiger charge is -2.66. The van der Waals surface area contributed by atoms with Crippen molar-refractivity contribution < 1.29 is 63.7 Å². The van der Waals surface area contributed by atoms with Crippen molar-refractivity contribution in [2.45, 2.75) is 122 Å². The average molecular weight is 654 g/mol. The number of Topliss-reactive ketones (excluding diaryl/α,β-unsaturated/α-hetero) is 1. The van der Waals surface area contributed by atoms with Crippen LogP contribution in [0.4, 0.5) is 4.79 Å². The fraction of sp³-hybridized carbons (Fsp3) is 0.750. The number of nitrogens with one attached hydrogen (secondary N) is 1. The van der Waals surface area contributed by atoms with E-state index < -0.39 is 101 Å². The van der Waals surface area contributed by atoms with Crippen LogP contribution in [0.15, 0.2) is 22.8 Å². The van der Waals surface area contributed by atoms with Gasteiger partial charge in [0.15, 0.2) is 11.9 Å². The number of ether oxygens (including phenoxy) is 4. The topological polar surface area (TPSA) is 218 Å². The third-order valence-corrected chi connectivity index (χ3v) is 10.6.